The second-order valence-electron chi connectivity index (χ2n) is 10.1. The summed E-state index contributed by atoms with van der Waals surface area (Å²) in [5, 5.41) is 0. The monoisotopic (exact) mass is 353 g/mol. The smallest absolute Gasteiger partial charge is 0.119 e. The highest BCUT2D eigenvalue weighted by molar-refractivity contribution is 5.34. The highest BCUT2D eigenvalue weighted by Gasteiger charge is 2.51. The Morgan fingerprint density at radius 2 is 1.65 bits per heavy atom. The largest absolute Gasteiger partial charge is 0.492 e. The summed E-state index contributed by atoms with van der Waals surface area (Å²) < 4.78 is 6.08. The Labute approximate surface area is 159 Å². The lowest BCUT2D eigenvalue weighted by Gasteiger charge is -2.57. The van der Waals surface area contributed by atoms with E-state index in [1.54, 1.807) is 5.56 Å². The van der Waals surface area contributed by atoms with Gasteiger partial charge in [-0.15, -0.1) is 0 Å². The summed E-state index contributed by atoms with van der Waals surface area (Å²) in [7, 11) is 0. The molecule has 2 heteroatoms. The Balaban J connectivity index is 1.19. The van der Waals surface area contributed by atoms with Crippen LogP contribution in [0.15, 0.2) is 24.3 Å². The van der Waals surface area contributed by atoms with E-state index in [9.17, 15) is 0 Å². The molecule has 4 bridgehead atoms. The minimum Gasteiger partial charge on any atom is -0.492 e. The predicted octanol–water partition coefficient (Wildman–Crippen LogP) is 5.27. The highest BCUT2D eigenvalue weighted by atomic mass is 16.5. The summed E-state index contributed by atoms with van der Waals surface area (Å²) in [6.45, 7) is 6.76. The Bertz CT molecular complexity index is 586. The fourth-order valence-corrected chi connectivity index (χ4v) is 7.15. The van der Waals surface area contributed by atoms with Gasteiger partial charge >= 0.3 is 0 Å². The summed E-state index contributed by atoms with van der Waals surface area (Å²) in [4.78, 5) is 2.57. The van der Waals surface area contributed by atoms with Crippen LogP contribution in [0.4, 0.5) is 0 Å². The maximum atomic E-state index is 6.08. The molecule has 2 nitrogen and oxygen atoms in total. The van der Waals surface area contributed by atoms with Crippen LogP contribution >= 0.6 is 0 Å². The van der Waals surface area contributed by atoms with Crippen LogP contribution < -0.4 is 4.74 Å². The van der Waals surface area contributed by atoms with E-state index in [2.05, 4.69) is 36.1 Å². The van der Waals surface area contributed by atoms with Gasteiger partial charge in [0.25, 0.3) is 0 Å². The van der Waals surface area contributed by atoms with Gasteiger partial charge in [0.05, 0.1) is 0 Å². The summed E-state index contributed by atoms with van der Waals surface area (Å²) in [5.41, 5.74) is 2.12. The lowest BCUT2D eigenvalue weighted by Crippen LogP contribution is -2.48. The van der Waals surface area contributed by atoms with Gasteiger partial charge in [0.1, 0.15) is 12.4 Å². The van der Waals surface area contributed by atoms with Crippen LogP contribution in [0, 0.1) is 23.7 Å². The van der Waals surface area contributed by atoms with E-state index in [4.69, 9.17) is 4.74 Å². The summed E-state index contributed by atoms with van der Waals surface area (Å²) in [6.07, 6.45) is 11.7. The molecule has 0 spiro atoms. The van der Waals surface area contributed by atoms with Crippen LogP contribution in [-0.4, -0.2) is 31.1 Å². The van der Waals surface area contributed by atoms with Crippen molar-refractivity contribution in [2.75, 3.05) is 26.2 Å². The van der Waals surface area contributed by atoms with E-state index in [1.807, 2.05) is 0 Å². The number of nitrogens with zero attached hydrogens (tertiary/aromatic N) is 1. The fraction of sp³-hybridized carbons (Fsp3) is 0.750. The summed E-state index contributed by atoms with van der Waals surface area (Å²) in [5.74, 6) is 4.96. The Morgan fingerprint density at radius 3 is 2.27 bits per heavy atom. The fourth-order valence-electron chi connectivity index (χ4n) is 7.15. The van der Waals surface area contributed by atoms with Crippen LogP contribution in [0.1, 0.15) is 63.9 Å². The van der Waals surface area contributed by atoms with Gasteiger partial charge in [0.2, 0.25) is 0 Å². The third kappa shape index (κ3) is 3.30. The van der Waals surface area contributed by atoms with Crippen LogP contribution in [-0.2, 0) is 5.41 Å². The third-order valence-electron chi connectivity index (χ3n) is 7.92. The number of piperidine rings is 1. The SMILES string of the molecule is CC1CCCN(CCOc2ccc(C34CC5CC(CC(C5)C3)C4)cc2)C1. The molecule has 0 amide bonds. The van der Waals surface area contributed by atoms with E-state index in [1.165, 1.54) is 64.5 Å². The second-order valence-corrected chi connectivity index (χ2v) is 10.1. The van der Waals surface area contributed by atoms with Gasteiger partial charge in [-0.1, -0.05) is 19.1 Å². The van der Waals surface area contributed by atoms with Crippen molar-refractivity contribution in [2.24, 2.45) is 23.7 Å². The molecule has 0 aromatic heterocycles. The van der Waals surface area contributed by atoms with Gasteiger partial charge in [0.15, 0.2) is 0 Å². The van der Waals surface area contributed by atoms with Crippen molar-refractivity contribution < 1.29 is 4.74 Å². The van der Waals surface area contributed by atoms with Crippen molar-refractivity contribution in [3.63, 3.8) is 0 Å². The molecule has 1 unspecified atom stereocenters. The first-order chi connectivity index (χ1) is 12.7. The average molecular weight is 354 g/mol. The predicted molar refractivity (Wildman–Crippen MR) is 107 cm³/mol. The first-order valence-corrected chi connectivity index (χ1v) is 11.1. The zero-order valence-electron chi connectivity index (χ0n) is 16.5. The van der Waals surface area contributed by atoms with Crippen molar-refractivity contribution in [3.8, 4) is 5.75 Å². The van der Waals surface area contributed by atoms with Gasteiger partial charge in [-0.25, -0.2) is 0 Å². The Kier molecular flexibility index (Phi) is 4.51. The molecule has 0 N–H and O–H groups in total. The molecule has 1 heterocycles. The molecule has 1 aliphatic heterocycles. The van der Waals surface area contributed by atoms with Crippen molar-refractivity contribution in [1.29, 1.82) is 0 Å². The Hall–Kier alpha value is -1.02. The minimum absolute atomic E-state index is 0.511. The first-order valence-electron chi connectivity index (χ1n) is 11.1. The van der Waals surface area contributed by atoms with E-state index >= 15 is 0 Å². The van der Waals surface area contributed by atoms with Crippen molar-refractivity contribution in [3.05, 3.63) is 29.8 Å². The molecule has 142 valence electrons. The lowest BCUT2D eigenvalue weighted by atomic mass is 9.48. The van der Waals surface area contributed by atoms with Crippen molar-refractivity contribution in [2.45, 2.75) is 63.7 Å². The number of likely N-dealkylation sites (tertiary alicyclic amines) is 1. The zero-order chi connectivity index (χ0) is 17.6. The summed E-state index contributed by atoms with van der Waals surface area (Å²) >= 11 is 0. The molecule has 26 heavy (non-hydrogen) atoms. The second kappa shape index (κ2) is 6.86. The van der Waals surface area contributed by atoms with Crippen LogP contribution in [0.3, 0.4) is 0 Å². The molecular weight excluding hydrogens is 318 g/mol. The molecule has 1 saturated heterocycles. The average Bonchev–Trinajstić information content (AvgIpc) is 2.61. The number of hydrogen-bond donors (Lipinski definition) is 0. The van der Waals surface area contributed by atoms with Gasteiger partial charge in [-0.2, -0.15) is 0 Å². The molecule has 5 fully saturated rings. The molecular formula is C24H35NO. The lowest BCUT2D eigenvalue weighted by molar-refractivity contribution is -0.00520. The first kappa shape index (κ1) is 17.1. The van der Waals surface area contributed by atoms with Crippen LogP contribution in [0.5, 0.6) is 5.75 Å². The minimum atomic E-state index is 0.511. The number of hydrogen-bond acceptors (Lipinski definition) is 2. The maximum absolute atomic E-state index is 6.08. The highest BCUT2D eigenvalue weighted by Crippen LogP contribution is 2.60. The van der Waals surface area contributed by atoms with Gasteiger partial charge in [-0.05, 0) is 105 Å². The van der Waals surface area contributed by atoms with Gasteiger partial charge in [0, 0.05) is 13.1 Å². The van der Waals surface area contributed by atoms with Crippen LogP contribution in [0.25, 0.3) is 0 Å². The Morgan fingerprint density at radius 1 is 1.00 bits per heavy atom. The molecule has 1 aromatic carbocycles. The molecule has 0 radical (unpaired) electrons. The number of benzene rings is 1. The van der Waals surface area contributed by atoms with Crippen molar-refractivity contribution >= 4 is 0 Å². The number of rotatable bonds is 5. The molecule has 1 aromatic rings. The van der Waals surface area contributed by atoms with E-state index in [0.717, 1.165) is 42.6 Å². The normalized spacial score (nSPS) is 39.3. The standard InChI is InChI=1S/C24H35NO/c1-18-3-2-8-25(17-18)9-10-26-23-6-4-22(5-7-23)24-14-19-11-20(15-24)13-21(12-19)16-24/h4-7,18-21H,2-3,8-17H2,1H3. The van der Waals surface area contributed by atoms with E-state index in [0.29, 0.717) is 5.41 Å². The topological polar surface area (TPSA) is 12.5 Å². The molecule has 4 aliphatic carbocycles. The molecule has 1 atom stereocenters. The van der Waals surface area contributed by atoms with Crippen LogP contribution in [0.2, 0.25) is 0 Å². The van der Waals surface area contributed by atoms with Crippen molar-refractivity contribution in [1.82, 2.24) is 4.90 Å². The number of ether oxygens (including phenoxy) is 1. The van der Waals surface area contributed by atoms with E-state index in [-0.39, 0.29) is 0 Å². The van der Waals surface area contributed by atoms with Gasteiger partial charge in [-0.3, -0.25) is 4.90 Å². The molecule has 4 saturated carbocycles. The van der Waals surface area contributed by atoms with Gasteiger partial charge < -0.3 is 4.74 Å². The summed E-state index contributed by atoms with van der Waals surface area (Å²) in [6, 6.07) is 9.27. The quantitative estimate of drug-likeness (QED) is 0.715. The molecule has 5 aliphatic rings. The van der Waals surface area contributed by atoms with E-state index < -0.39 is 0 Å². The third-order valence-corrected chi connectivity index (χ3v) is 7.92. The maximum Gasteiger partial charge on any atom is 0.119 e. The zero-order valence-corrected chi connectivity index (χ0v) is 16.5. The molecule has 6 rings (SSSR count).